The van der Waals surface area contributed by atoms with E-state index in [0.29, 0.717) is 24.5 Å². The predicted octanol–water partition coefficient (Wildman–Crippen LogP) is 4.16. The zero-order chi connectivity index (χ0) is 27.7. The lowest BCUT2D eigenvalue weighted by Crippen LogP contribution is -2.46. The van der Waals surface area contributed by atoms with E-state index in [0.717, 1.165) is 73.6 Å². The number of hydrogen-bond acceptors (Lipinski definition) is 9. The molecule has 10 heteroatoms. The van der Waals surface area contributed by atoms with Crippen LogP contribution in [0, 0.1) is 0 Å². The number of carbonyl (C=O) groups excluding carboxylic acids is 1. The minimum absolute atomic E-state index is 0.0676. The summed E-state index contributed by atoms with van der Waals surface area (Å²) >= 11 is 1.59. The summed E-state index contributed by atoms with van der Waals surface area (Å²) in [6.45, 7) is 5.34. The molecule has 1 atom stereocenters. The summed E-state index contributed by atoms with van der Waals surface area (Å²) in [6.07, 6.45) is 2.20. The van der Waals surface area contributed by atoms with E-state index in [2.05, 4.69) is 27.2 Å². The molecule has 0 saturated carbocycles. The Hall–Kier alpha value is -3.34. The number of anilines is 2. The molecule has 40 heavy (non-hydrogen) atoms. The maximum absolute atomic E-state index is 12.5. The molecule has 5 rings (SSSR count). The molecule has 0 radical (unpaired) electrons. The zero-order valence-electron chi connectivity index (χ0n) is 23.2. The molecule has 2 aliphatic rings. The lowest BCUT2D eigenvalue weighted by Gasteiger charge is -2.37. The van der Waals surface area contributed by atoms with E-state index in [9.17, 15) is 4.79 Å². The van der Waals surface area contributed by atoms with E-state index < -0.39 is 0 Å². The second-order valence-corrected chi connectivity index (χ2v) is 10.9. The fourth-order valence-electron chi connectivity index (χ4n) is 4.91. The van der Waals surface area contributed by atoms with Crippen LogP contribution in [0.4, 0.5) is 11.5 Å². The van der Waals surface area contributed by atoms with Crippen molar-refractivity contribution in [2.24, 2.45) is 0 Å². The normalized spacial score (nSPS) is 17.2. The van der Waals surface area contributed by atoms with Crippen molar-refractivity contribution in [3.8, 4) is 5.75 Å². The second kappa shape index (κ2) is 13.8. The van der Waals surface area contributed by atoms with Crippen molar-refractivity contribution in [2.45, 2.75) is 36.5 Å². The minimum Gasteiger partial charge on any atom is -0.497 e. The fraction of sp³-hybridized carbons (Fsp3) is 0.433. The van der Waals surface area contributed by atoms with Crippen LogP contribution < -0.4 is 19.9 Å². The average molecular weight is 564 g/mol. The molecule has 2 saturated heterocycles. The molecule has 3 heterocycles. The number of methoxy groups -OCH3 is 2. The highest BCUT2D eigenvalue weighted by molar-refractivity contribution is 7.98. The zero-order valence-corrected chi connectivity index (χ0v) is 24.0. The van der Waals surface area contributed by atoms with E-state index in [1.165, 1.54) is 5.69 Å². The first-order valence-electron chi connectivity index (χ1n) is 13.7. The number of nitrogens with one attached hydrogen (secondary N) is 1. The first kappa shape index (κ1) is 28.2. The number of ether oxygens (including phenoxy) is 3. The van der Waals surface area contributed by atoms with Gasteiger partial charge in [-0.2, -0.15) is 0 Å². The van der Waals surface area contributed by atoms with Gasteiger partial charge in [0, 0.05) is 69.5 Å². The molecule has 9 nitrogen and oxygen atoms in total. The number of amides is 1. The highest BCUT2D eigenvalue weighted by Gasteiger charge is 2.20. The van der Waals surface area contributed by atoms with Gasteiger partial charge in [-0.05, 0) is 54.8 Å². The quantitative estimate of drug-likeness (QED) is 0.273. The van der Waals surface area contributed by atoms with Gasteiger partial charge in [-0.15, -0.1) is 0 Å². The minimum atomic E-state index is -0.0676. The molecule has 0 spiro atoms. The highest BCUT2D eigenvalue weighted by atomic mass is 32.2. The van der Waals surface area contributed by atoms with Crippen LogP contribution in [0.5, 0.6) is 5.75 Å². The molecule has 1 N–H and O–H groups in total. The SMILES string of the molecule is COCc1cc(N2CCN(c3ccc(OC)cc3)CC2)nc(SCc2ccc(C(=O)NCC3CCCO3)cc2)n1. The van der Waals surface area contributed by atoms with Crippen LogP contribution in [-0.4, -0.2) is 75.5 Å². The average Bonchev–Trinajstić information content (AvgIpc) is 3.53. The molecule has 2 fully saturated rings. The van der Waals surface area contributed by atoms with Crippen molar-refractivity contribution < 1.29 is 19.0 Å². The molecular formula is C30H37N5O4S. The topological polar surface area (TPSA) is 89.0 Å². The molecular weight excluding hydrogens is 526 g/mol. The third-order valence-corrected chi connectivity index (χ3v) is 8.10. The van der Waals surface area contributed by atoms with Crippen molar-refractivity contribution in [2.75, 3.05) is 63.4 Å². The maximum Gasteiger partial charge on any atom is 0.251 e. The Morgan fingerprint density at radius 2 is 1.77 bits per heavy atom. The van der Waals surface area contributed by atoms with E-state index in [1.54, 1.807) is 26.0 Å². The Labute approximate surface area is 240 Å². The third-order valence-electron chi connectivity index (χ3n) is 7.18. The Bertz CT molecular complexity index is 1240. The van der Waals surface area contributed by atoms with E-state index in [-0.39, 0.29) is 12.0 Å². The van der Waals surface area contributed by atoms with E-state index in [4.69, 9.17) is 24.2 Å². The van der Waals surface area contributed by atoms with Crippen LogP contribution in [0.2, 0.25) is 0 Å². The number of carbonyl (C=O) groups is 1. The van der Waals surface area contributed by atoms with E-state index in [1.807, 2.05) is 42.5 Å². The summed E-state index contributed by atoms with van der Waals surface area (Å²) < 4.78 is 16.3. The molecule has 0 bridgehead atoms. The lowest BCUT2D eigenvalue weighted by molar-refractivity contribution is 0.0858. The summed E-state index contributed by atoms with van der Waals surface area (Å²) in [5.41, 5.74) is 3.83. The number of aromatic nitrogens is 2. The highest BCUT2D eigenvalue weighted by Crippen LogP contribution is 2.26. The predicted molar refractivity (Wildman–Crippen MR) is 157 cm³/mol. The fourth-order valence-corrected chi connectivity index (χ4v) is 5.74. The number of rotatable bonds is 11. The second-order valence-electron chi connectivity index (χ2n) is 9.94. The first-order valence-corrected chi connectivity index (χ1v) is 14.7. The van der Waals surface area contributed by atoms with Gasteiger partial charge >= 0.3 is 0 Å². The molecule has 3 aromatic rings. The number of piperazine rings is 1. The molecule has 212 valence electrons. The Morgan fingerprint density at radius 3 is 2.45 bits per heavy atom. The first-order chi connectivity index (χ1) is 19.6. The van der Waals surface area contributed by atoms with Gasteiger partial charge < -0.3 is 29.3 Å². The van der Waals surface area contributed by atoms with Gasteiger partial charge in [0.15, 0.2) is 5.16 Å². The number of thioether (sulfide) groups is 1. The van der Waals surface area contributed by atoms with Gasteiger partial charge in [0.1, 0.15) is 11.6 Å². The molecule has 1 aromatic heterocycles. The molecule has 1 amide bonds. The van der Waals surface area contributed by atoms with Crippen LogP contribution in [0.3, 0.4) is 0 Å². The molecule has 0 aliphatic carbocycles. The lowest BCUT2D eigenvalue weighted by atomic mass is 10.1. The van der Waals surface area contributed by atoms with Gasteiger partial charge in [0.05, 0.1) is 25.5 Å². The Balaban J connectivity index is 1.17. The number of nitrogens with zero attached hydrogens (tertiary/aromatic N) is 4. The Kier molecular flexibility index (Phi) is 9.75. The van der Waals surface area contributed by atoms with Crippen molar-refractivity contribution in [3.05, 3.63) is 71.4 Å². The molecule has 2 aromatic carbocycles. The summed E-state index contributed by atoms with van der Waals surface area (Å²) in [4.78, 5) is 26.8. The summed E-state index contributed by atoms with van der Waals surface area (Å²) in [7, 11) is 3.37. The van der Waals surface area contributed by atoms with Gasteiger partial charge in [0.2, 0.25) is 0 Å². The van der Waals surface area contributed by atoms with Crippen molar-refractivity contribution >= 4 is 29.2 Å². The summed E-state index contributed by atoms with van der Waals surface area (Å²) in [5.74, 6) is 2.43. The van der Waals surface area contributed by atoms with Crippen LogP contribution in [-0.2, 0) is 21.8 Å². The van der Waals surface area contributed by atoms with Gasteiger partial charge in [0.25, 0.3) is 5.91 Å². The smallest absolute Gasteiger partial charge is 0.251 e. The van der Waals surface area contributed by atoms with E-state index >= 15 is 0 Å². The van der Waals surface area contributed by atoms with Crippen LogP contribution >= 0.6 is 11.8 Å². The Morgan fingerprint density at radius 1 is 1.02 bits per heavy atom. The van der Waals surface area contributed by atoms with Gasteiger partial charge in [-0.25, -0.2) is 9.97 Å². The number of hydrogen-bond donors (Lipinski definition) is 1. The molecule has 2 aliphatic heterocycles. The van der Waals surface area contributed by atoms with Gasteiger partial charge in [-0.3, -0.25) is 4.79 Å². The van der Waals surface area contributed by atoms with Crippen LogP contribution in [0.15, 0.2) is 59.8 Å². The van der Waals surface area contributed by atoms with Crippen LogP contribution in [0.1, 0.15) is 34.5 Å². The van der Waals surface area contributed by atoms with Crippen molar-refractivity contribution in [3.63, 3.8) is 0 Å². The van der Waals surface area contributed by atoms with Crippen LogP contribution in [0.25, 0.3) is 0 Å². The maximum atomic E-state index is 12.5. The number of benzene rings is 2. The molecule has 1 unspecified atom stereocenters. The van der Waals surface area contributed by atoms with Gasteiger partial charge in [-0.1, -0.05) is 23.9 Å². The van der Waals surface area contributed by atoms with Crippen molar-refractivity contribution in [1.29, 1.82) is 0 Å². The van der Waals surface area contributed by atoms with Crippen molar-refractivity contribution in [1.82, 2.24) is 15.3 Å². The summed E-state index contributed by atoms with van der Waals surface area (Å²) in [5, 5.41) is 3.70. The third kappa shape index (κ3) is 7.44. The standard InChI is InChI=1S/C30H37N5O4S/c1-37-20-24-18-28(35-15-13-34(14-16-35)25-9-11-26(38-2)12-10-25)33-30(32-24)40-21-22-5-7-23(8-6-22)29(36)31-19-27-4-3-17-39-27/h5-12,18,27H,3-4,13-17,19-21H2,1-2H3,(H,31,36). The summed E-state index contributed by atoms with van der Waals surface area (Å²) in [6, 6.07) is 18.0. The monoisotopic (exact) mass is 563 g/mol. The largest absolute Gasteiger partial charge is 0.497 e.